The molecule has 0 spiro atoms. The first-order chi connectivity index (χ1) is 10.4. The minimum atomic E-state index is -1.64. The molecule has 2 rings (SSSR count). The van der Waals surface area contributed by atoms with Gasteiger partial charge in [0.05, 0.1) is 10.0 Å². The second kappa shape index (κ2) is 6.64. The van der Waals surface area contributed by atoms with Crippen molar-refractivity contribution < 1.29 is 23.8 Å². The lowest BCUT2D eigenvalue weighted by Crippen LogP contribution is -2.21. The Hall–Kier alpha value is -2.31. The van der Waals surface area contributed by atoms with Gasteiger partial charge in [-0.2, -0.15) is 0 Å². The fraction of sp³-hybridized carbons (Fsp3) is 0. The van der Waals surface area contributed by atoms with Gasteiger partial charge in [0, 0.05) is 5.69 Å². The van der Waals surface area contributed by atoms with E-state index in [0.717, 1.165) is 0 Å². The second-order valence-corrected chi connectivity index (χ2v) is 4.90. The summed E-state index contributed by atoms with van der Waals surface area (Å²) in [5.74, 6) is -2.87. The summed E-state index contributed by atoms with van der Waals surface area (Å²) in [4.78, 5) is 21.6. The third-order valence-electron chi connectivity index (χ3n) is 2.48. The molecule has 0 saturated carbocycles. The van der Waals surface area contributed by atoms with Crippen molar-refractivity contribution in [1.29, 1.82) is 0 Å². The number of carboxylic acids is 1. The Balaban J connectivity index is 2.25. The Morgan fingerprint density at radius 3 is 2.14 bits per heavy atom. The number of hydrogen-bond donors (Lipinski definition) is 2. The predicted octanol–water partition coefficient (Wildman–Crippen LogP) is 3.95. The molecule has 0 atom stereocenters. The molecule has 0 aliphatic rings. The topological polar surface area (TPSA) is 75.6 Å². The van der Waals surface area contributed by atoms with Crippen molar-refractivity contribution in [1.82, 2.24) is 0 Å². The number of hydrogen-bond acceptors (Lipinski definition) is 3. The summed E-state index contributed by atoms with van der Waals surface area (Å²) in [7, 11) is 0. The Morgan fingerprint density at radius 1 is 1.09 bits per heavy atom. The van der Waals surface area contributed by atoms with Gasteiger partial charge >= 0.3 is 11.9 Å². The van der Waals surface area contributed by atoms with Crippen LogP contribution in [0, 0.1) is 5.82 Å². The van der Waals surface area contributed by atoms with Gasteiger partial charge in [0.25, 0.3) is 0 Å². The number of anilines is 1. The number of carbonyl (C=O) groups excluding carboxylic acids is 1. The van der Waals surface area contributed by atoms with Crippen LogP contribution in [0.5, 0.6) is 11.5 Å². The van der Waals surface area contributed by atoms with Gasteiger partial charge in [-0.3, -0.25) is 4.79 Å². The molecule has 5 nitrogen and oxygen atoms in total. The van der Waals surface area contributed by atoms with E-state index in [0.29, 0.717) is 5.75 Å². The van der Waals surface area contributed by atoms with E-state index in [4.69, 9.17) is 33.0 Å². The third kappa shape index (κ3) is 3.87. The summed E-state index contributed by atoms with van der Waals surface area (Å²) < 4.78 is 18.3. The zero-order valence-electron chi connectivity index (χ0n) is 10.8. The van der Waals surface area contributed by atoms with Crippen molar-refractivity contribution >= 4 is 40.8 Å². The Morgan fingerprint density at radius 2 is 1.64 bits per heavy atom. The van der Waals surface area contributed by atoms with E-state index in [2.05, 4.69) is 5.32 Å². The number of rotatable bonds is 3. The van der Waals surface area contributed by atoms with Crippen LogP contribution in [0.25, 0.3) is 0 Å². The lowest BCUT2D eigenvalue weighted by Gasteiger charge is -2.11. The van der Waals surface area contributed by atoms with Crippen molar-refractivity contribution in [3.05, 3.63) is 52.3 Å². The first-order valence-corrected chi connectivity index (χ1v) is 6.59. The molecule has 0 aliphatic carbocycles. The average molecular weight is 344 g/mol. The zero-order valence-corrected chi connectivity index (χ0v) is 12.3. The van der Waals surface area contributed by atoms with E-state index in [1.807, 2.05) is 0 Å². The van der Waals surface area contributed by atoms with E-state index >= 15 is 0 Å². The van der Waals surface area contributed by atoms with Crippen molar-refractivity contribution in [3.63, 3.8) is 0 Å². The van der Waals surface area contributed by atoms with Gasteiger partial charge in [0.15, 0.2) is 5.75 Å². The number of ether oxygens (including phenoxy) is 1. The lowest BCUT2D eigenvalue weighted by atomic mass is 10.3. The number of carbonyl (C=O) groups is 2. The zero-order chi connectivity index (χ0) is 16.3. The van der Waals surface area contributed by atoms with Crippen LogP contribution in [0.2, 0.25) is 10.0 Å². The molecule has 1 amide bonds. The molecule has 22 heavy (non-hydrogen) atoms. The normalized spacial score (nSPS) is 10.1. The Kier molecular flexibility index (Phi) is 4.85. The molecule has 2 N–H and O–H groups in total. The van der Waals surface area contributed by atoms with E-state index < -0.39 is 17.7 Å². The SMILES string of the molecule is O=C(O)C(=O)Nc1cc(Cl)c(Oc2ccc(F)cc2)c(Cl)c1. The summed E-state index contributed by atoms with van der Waals surface area (Å²) in [5, 5.41) is 10.7. The standard InChI is InChI=1S/C14H8Cl2FNO4/c15-10-5-8(18-13(19)14(20)21)6-11(16)12(10)22-9-3-1-7(17)2-4-9/h1-6H,(H,18,19)(H,20,21). The maximum absolute atomic E-state index is 12.8. The fourth-order valence-electron chi connectivity index (χ4n) is 1.53. The molecule has 0 fully saturated rings. The summed E-state index contributed by atoms with van der Waals surface area (Å²) in [5.41, 5.74) is 0.105. The number of benzene rings is 2. The summed E-state index contributed by atoms with van der Waals surface area (Å²) in [6, 6.07) is 7.77. The lowest BCUT2D eigenvalue weighted by molar-refractivity contribution is -0.147. The van der Waals surface area contributed by atoms with Gasteiger partial charge < -0.3 is 15.2 Å². The number of amides is 1. The molecule has 0 bridgehead atoms. The quantitative estimate of drug-likeness (QED) is 0.827. The van der Waals surface area contributed by atoms with Gasteiger partial charge in [-0.1, -0.05) is 23.2 Å². The minimum Gasteiger partial charge on any atom is -0.474 e. The molecule has 0 heterocycles. The highest BCUT2D eigenvalue weighted by Crippen LogP contribution is 2.38. The molecule has 8 heteroatoms. The second-order valence-electron chi connectivity index (χ2n) is 4.08. The number of nitrogens with one attached hydrogen (secondary N) is 1. The highest BCUT2D eigenvalue weighted by molar-refractivity contribution is 6.39. The number of halogens is 3. The first-order valence-electron chi connectivity index (χ1n) is 5.83. The largest absolute Gasteiger partial charge is 0.474 e. The molecule has 0 radical (unpaired) electrons. The van der Waals surface area contributed by atoms with Gasteiger partial charge in [-0.05, 0) is 36.4 Å². The molecule has 2 aromatic rings. The Labute approximate surface area is 134 Å². The monoisotopic (exact) mass is 343 g/mol. The first kappa shape index (κ1) is 16.1. The van der Waals surface area contributed by atoms with Crippen LogP contribution < -0.4 is 10.1 Å². The van der Waals surface area contributed by atoms with E-state index in [-0.39, 0.29) is 21.5 Å². The molecular weight excluding hydrogens is 336 g/mol. The molecule has 114 valence electrons. The maximum Gasteiger partial charge on any atom is 0.394 e. The fourth-order valence-corrected chi connectivity index (χ4v) is 2.10. The molecule has 2 aromatic carbocycles. The van der Waals surface area contributed by atoms with Gasteiger partial charge in [-0.25, -0.2) is 9.18 Å². The van der Waals surface area contributed by atoms with Crippen molar-refractivity contribution in [2.45, 2.75) is 0 Å². The van der Waals surface area contributed by atoms with E-state index in [1.165, 1.54) is 36.4 Å². The summed E-state index contributed by atoms with van der Waals surface area (Å²) >= 11 is 12.0. The predicted molar refractivity (Wildman–Crippen MR) is 79.2 cm³/mol. The van der Waals surface area contributed by atoms with E-state index in [9.17, 15) is 14.0 Å². The molecule has 0 aromatic heterocycles. The van der Waals surface area contributed by atoms with Crippen LogP contribution >= 0.6 is 23.2 Å². The smallest absolute Gasteiger partial charge is 0.394 e. The van der Waals surface area contributed by atoms with Crippen molar-refractivity contribution in [3.8, 4) is 11.5 Å². The van der Waals surface area contributed by atoms with Crippen molar-refractivity contribution in [2.24, 2.45) is 0 Å². The van der Waals surface area contributed by atoms with Crippen LogP contribution in [-0.2, 0) is 9.59 Å². The van der Waals surface area contributed by atoms with E-state index in [1.54, 1.807) is 0 Å². The molecule has 0 saturated heterocycles. The average Bonchev–Trinajstić information content (AvgIpc) is 2.44. The molecular formula is C14H8Cl2FNO4. The Bertz CT molecular complexity index is 711. The highest BCUT2D eigenvalue weighted by Gasteiger charge is 2.15. The molecule has 0 aliphatic heterocycles. The van der Waals surface area contributed by atoms with Gasteiger partial charge in [-0.15, -0.1) is 0 Å². The summed E-state index contributed by atoms with van der Waals surface area (Å²) in [6.07, 6.45) is 0. The minimum absolute atomic E-state index is 0.0533. The van der Waals surface area contributed by atoms with Crippen LogP contribution in [0.1, 0.15) is 0 Å². The van der Waals surface area contributed by atoms with Crippen LogP contribution in [0.3, 0.4) is 0 Å². The van der Waals surface area contributed by atoms with Crippen LogP contribution in [-0.4, -0.2) is 17.0 Å². The van der Waals surface area contributed by atoms with Crippen LogP contribution in [0.15, 0.2) is 36.4 Å². The van der Waals surface area contributed by atoms with Crippen molar-refractivity contribution in [2.75, 3.05) is 5.32 Å². The van der Waals surface area contributed by atoms with Gasteiger partial charge in [0.1, 0.15) is 11.6 Å². The summed E-state index contributed by atoms with van der Waals surface area (Å²) in [6.45, 7) is 0. The van der Waals surface area contributed by atoms with Gasteiger partial charge in [0.2, 0.25) is 0 Å². The maximum atomic E-state index is 12.8. The third-order valence-corrected chi connectivity index (χ3v) is 3.05. The number of carboxylic acid groups (broad SMARTS) is 1. The number of aliphatic carboxylic acids is 1. The van der Waals surface area contributed by atoms with Crippen LogP contribution in [0.4, 0.5) is 10.1 Å². The highest BCUT2D eigenvalue weighted by atomic mass is 35.5. The molecule has 0 unspecified atom stereocenters.